The van der Waals surface area contributed by atoms with Crippen LogP contribution in [0.5, 0.6) is 0 Å². The minimum atomic E-state index is -1.01. The molecule has 1 N–H and O–H groups in total. The molecule has 0 aliphatic carbocycles. The predicted octanol–water partition coefficient (Wildman–Crippen LogP) is 3.61. The van der Waals surface area contributed by atoms with Gasteiger partial charge in [-0.15, -0.1) is 0 Å². The Morgan fingerprint density at radius 2 is 1.90 bits per heavy atom. The maximum Gasteiger partial charge on any atom is 0.335 e. The van der Waals surface area contributed by atoms with E-state index >= 15 is 0 Å². The number of thioether (sulfide) groups is 1. The van der Waals surface area contributed by atoms with Gasteiger partial charge in [0, 0.05) is 24.7 Å². The van der Waals surface area contributed by atoms with E-state index in [1.54, 1.807) is 36.1 Å². The van der Waals surface area contributed by atoms with Crippen LogP contribution in [0.4, 0.5) is 4.79 Å². The fourth-order valence-corrected chi connectivity index (χ4v) is 4.43. The molecule has 2 aliphatic heterocycles. The van der Waals surface area contributed by atoms with Crippen molar-refractivity contribution < 1.29 is 28.7 Å². The number of rotatable bonds is 5. The number of amides is 3. The molecule has 1 aromatic carbocycles. The molecule has 9 heteroatoms. The van der Waals surface area contributed by atoms with Gasteiger partial charge in [-0.25, -0.2) is 4.79 Å². The fraction of sp³-hybridized carbons (Fsp3) is 0.273. The number of benzene rings is 1. The molecule has 2 aliphatic rings. The minimum Gasteiger partial charge on any atom is -0.478 e. The van der Waals surface area contributed by atoms with Gasteiger partial charge in [-0.1, -0.05) is 6.07 Å². The van der Waals surface area contributed by atoms with Crippen LogP contribution >= 0.6 is 11.8 Å². The number of carbonyl (C=O) groups is 4. The zero-order valence-electron chi connectivity index (χ0n) is 16.8. The van der Waals surface area contributed by atoms with Gasteiger partial charge in [-0.2, -0.15) is 0 Å². The quantitative estimate of drug-likeness (QED) is 0.708. The van der Waals surface area contributed by atoms with E-state index < -0.39 is 17.1 Å². The molecule has 0 radical (unpaired) electrons. The lowest BCUT2D eigenvalue weighted by molar-refractivity contribution is -0.135. The number of aromatic carboxylic acids is 1. The van der Waals surface area contributed by atoms with E-state index in [4.69, 9.17) is 9.52 Å². The van der Waals surface area contributed by atoms with Crippen molar-refractivity contribution in [2.45, 2.75) is 19.8 Å². The van der Waals surface area contributed by atoms with Crippen molar-refractivity contribution in [3.05, 3.63) is 52.1 Å². The number of carboxylic acids is 1. The summed E-state index contributed by atoms with van der Waals surface area (Å²) in [6, 6.07) is 8.11. The van der Waals surface area contributed by atoms with Gasteiger partial charge in [-0.05, 0) is 61.4 Å². The van der Waals surface area contributed by atoms with Crippen LogP contribution in [-0.4, -0.2) is 57.6 Å². The molecule has 3 heterocycles. The standard InChI is InChI=1S/C22H20N2O6S/c1-13-10-14(21(27)28)4-6-16(13)17-7-5-15(30-17)11-18-20(26)24(22(29)31-18)12-19(25)23-8-2-3-9-23/h4-7,10-11H,2-3,8-9,12H2,1H3,(H,27,28). The molecule has 0 saturated carbocycles. The lowest BCUT2D eigenvalue weighted by Gasteiger charge is -2.18. The number of likely N-dealkylation sites (tertiary alicyclic amines) is 1. The van der Waals surface area contributed by atoms with Gasteiger partial charge >= 0.3 is 5.97 Å². The third-order valence-corrected chi connectivity index (χ3v) is 6.17. The van der Waals surface area contributed by atoms with Crippen molar-refractivity contribution in [3.8, 4) is 11.3 Å². The van der Waals surface area contributed by atoms with E-state index in [1.807, 2.05) is 0 Å². The van der Waals surface area contributed by atoms with Crippen molar-refractivity contribution in [1.29, 1.82) is 0 Å². The summed E-state index contributed by atoms with van der Waals surface area (Å²) in [6.07, 6.45) is 3.36. The van der Waals surface area contributed by atoms with E-state index in [2.05, 4.69) is 0 Å². The average molecular weight is 440 g/mol. The van der Waals surface area contributed by atoms with E-state index in [9.17, 15) is 19.2 Å². The molecule has 0 atom stereocenters. The Morgan fingerprint density at radius 1 is 1.16 bits per heavy atom. The number of aryl methyl sites for hydroxylation is 1. The summed E-state index contributed by atoms with van der Waals surface area (Å²) in [6.45, 7) is 2.85. The van der Waals surface area contributed by atoms with Crippen molar-refractivity contribution in [2.75, 3.05) is 19.6 Å². The molecule has 0 unspecified atom stereocenters. The van der Waals surface area contributed by atoms with Crippen LogP contribution in [0.15, 0.2) is 39.7 Å². The third kappa shape index (κ3) is 4.27. The molecule has 1 aromatic heterocycles. The summed E-state index contributed by atoms with van der Waals surface area (Å²) in [5, 5.41) is 8.62. The molecule has 3 amide bonds. The SMILES string of the molecule is Cc1cc(C(=O)O)ccc1-c1ccc(C=C2SC(=O)N(CC(=O)N3CCCC3)C2=O)o1. The summed E-state index contributed by atoms with van der Waals surface area (Å²) < 4.78 is 5.80. The Balaban J connectivity index is 1.50. The van der Waals surface area contributed by atoms with E-state index in [-0.39, 0.29) is 22.9 Å². The number of hydrogen-bond acceptors (Lipinski definition) is 6. The number of nitrogens with zero attached hydrogens (tertiary/aromatic N) is 2. The molecule has 0 spiro atoms. The van der Waals surface area contributed by atoms with Gasteiger partial charge < -0.3 is 14.4 Å². The highest BCUT2D eigenvalue weighted by molar-refractivity contribution is 8.18. The van der Waals surface area contributed by atoms with Gasteiger partial charge in [0.15, 0.2) is 0 Å². The van der Waals surface area contributed by atoms with E-state index in [0.717, 1.165) is 40.6 Å². The average Bonchev–Trinajstić information content (AvgIpc) is 3.47. The first-order valence-electron chi connectivity index (χ1n) is 9.81. The third-order valence-electron chi connectivity index (χ3n) is 5.26. The molecule has 8 nitrogen and oxygen atoms in total. The molecule has 2 fully saturated rings. The highest BCUT2D eigenvalue weighted by Gasteiger charge is 2.37. The van der Waals surface area contributed by atoms with Crippen LogP contribution < -0.4 is 0 Å². The predicted molar refractivity (Wildman–Crippen MR) is 114 cm³/mol. The fourth-order valence-electron chi connectivity index (χ4n) is 3.62. The number of imide groups is 1. The minimum absolute atomic E-state index is 0.185. The Kier molecular flexibility index (Phi) is 5.69. The normalized spacial score (nSPS) is 17.8. The van der Waals surface area contributed by atoms with Crippen LogP contribution in [0.2, 0.25) is 0 Å². The summed E-state index contributed by atoms with van der Waals surface area (Å²) in [7, 11) is 0. The topological polar surface area (TPSA) is 108 Å². The van der Waals surface area contributed by atoms with Crippen LogP contribution in [0.1, 0.15) is 34.5 Å². The van der Waals surface area contributed by atoms with E-state index in [1.165, 1.54) is 12.1 Å². The smallest absolute Gasteiger partial charge is 0.335 e. The molecule has 0 bridgehead atoms. The first kappa shape index (κ1) is 20.9. The Morgan fingerprint density at radius 3 is 2.58 bits per heavy atom. The van der Waals surface area contributed by atoms with Gasteiger partial charge in [0.1, 0.15) is 18.1 Å². The van der Waals surface area contributed by atoms with Gasteiger partial charge in [0.25, 0.3) is 11.1 Å². The Bertz CT molecular complexity index is 1110. The lowest BCUT2D eigenvalue weighted by Crippen LogP contribution is -2.40. The van der Waals surface area contributed by atoms with Crippen LogP contribution in [0.25, 0.3) is 17.4 Å². The molecule has 4 rings (SSSR count). The first-order chi connectivity index (χ1) is 14.8. The molecule has 2 aromatic rings. The molecule has 2 saturated heterocycles. The second kappa shape index (κ2) is 8.43. The maximum absolute atomic E-state index is 12.7. The second-order valence-electron chi connectivity index (χ2n) is 7.39. The van der Waals surface area contributed by atoms with Gasteiger partial charge in [0.05, 0.1) is 10.5 Å². The van der Waals surface area contributed by atoms with Crippen molar-refractivity contribution in [1.82, 2.24) is 9.80 Å². The number of carbonyl (C=O) groups excluding carboxylic acids is 3. The summed E-state index contributed by atoms with van der Waals surface area (Å²) in [4.78, 5) is 51.2. The highest BCUT2D eigenvalue weighted by Crippen LogP contribution is 2.34. The monoisotopic (exact) mass is 440 g/mol. The second-order valence-corrected chi connectivity index (χ2v) is 8.39. The van der Waals surface area contributed by atoms with Crippen LogP contribution in [0.3, 0.4) is 0 Å². The summed E-state index contributed by atoms with van der Waals surface area (Å²) in [5.74, 6) is -0.838. The number of carboxylic acid groups (broad SMARTS) is 1. The van der Waals surface area contributed by atoms with Crippen molar-refractivity contribution in [3.63, 3.8) is 0 Å². The number of furan rings is 1. The molecular weight excluding hydrogens is 420 g/mol. The van der Waals surface area contributed by atoms with Crippen LogP contribution in [0, 0.1) is 6.92 Å². The number of hydrogen-bond donors (Lipinski definition) is 1. The van der Waals surface area contributed by atoms with Crippen molar-refractivity contribution in [2.24, 2.45) is 0 Å². The molecular formula is C22H20N2O6S. The lowest BCUT2D eigenvalue weighted by atomic mass is 10.0. The highest BCUT2D eigenvalue weighted by atomic mass is 32.2. The molecule has 31 heavy (non-hydrogen) atoms. The summed E-state index contributed by atoms with van der Waals surface area (Å²) in [5.41, 5.74) is 1.65. The zero-order chi connectivity index (χ0) is 22.1. The Labute approximate surface area is 182 Å². The zero-order valence-corrected chi connectivity index (χ0v) is 17.6. The van der Waals surface area contributed by atoms with Crippen LogP contribution in [-0.2, 0) is 9.59 Å². The van der Waals surface area contributed by atoms with Gasteiger partial charge in [0.2, 0.25) is 5.91 Å². The largest absolute Gasteiger partial charge is 0.478 e. The summed E-state index contributed by atoms with van der Waals surface area (Å²) >= 11 is 0.777. The van der Waals surface area contributed by atoms with Gasteiger partial charge in [-0.3, -0.25) is 19.3 Å². The van der Waals surface area contributed by atoms with E-state index in [0.29, 0.717) is 24.6 Å². The Hall–Kier alpha value is -3.33. The first-order valence-corrected chi connectivity index (χ1v) is 10.6. The maximum atomic E-state index is 12.7. The van der Waals surface area contributed by atoms with Crippen molar-refractivity contribution >= 4 is 40.9 Å². The molecule has 160 valence electrons.